The molecule has 0 aromatic carbocycles. The van der Waals surface area contributed by atoms with Gasteiger partial charge in [0, 0.05) is 19.3 Å². The molecule has 1 unspecified atom stereocenters. The van der Waals surface area contributed by atoms with Gasteiger partial charge in [-0.3, -0.25) is 14.4 Å². The summed E-state index contributed by atoms with van der Waals surface area (Å²) in [5.41, 5.74) is 0. The molecule has 0 fully saturated rings. The summed E-state index contributed by atoms with van der Waals surface area (Å²) in [7, 11) is 0. The highest BCUT2D eigenvalue weighted by atomic mass is 16.6. The molecule has 0 aliphatic heterocycles. The van der Waals surface area contributed by atoms with Gasteiger partial charge in [-0.15, -0.1) is 0 Å². The van der Waals surface area contributed by atoms with Crippen molar-refractivity contribution in [3.8, 4) is 0 Å². The predicted molar refractivity (Wildman–Crippen MR) is 293 cm³/mol. The summed E-state index contributed by atoms with van der Waals surface area (Å²) in [5, 5.41) is 0. The number of allylic oxidation sites excluding steroid dienone is 14. The van der Waals surface area contributed by atoms with Gasteiger partial charge in [0.2, 0.25) is 0 Å². The summed E-state index contributed by atoms with van der Waals surface area (Å²) in [4.78, 5) is 38.1. The summed E-state index contributed by atoms with van der Waals surface area (Å²) in [6.45, 7) is 6.46. The van der Waals surface area contributed by atoms with Crippen LogP contribution in [0.2, 0.25) is 0 Å². The normalized spacial score (nSPS) is 12.7. The first-order chi connectivity index (χ1) is 33.5. The van der Waals surface area contributed by atoms with Gasteiger partial charge < -0.3 is 14.2 Å². The first-order valence-corrected chi connectivity index (χ1v) is 28.6. The molecule has 0 bridgehead atoms. The van der Waals surface area contributed by atoms with Crippen LogP contribution in [0.3, 0.4) is 0 Å². The fourth-order valence-corrected chi connectivity index (χ4v) is 7.86. The molecular formula is C62H106O6. The van der Waals surface area contributed by atoms with Crippen LogP contribution in [0.5, 0.6) is 0 Å². The molecule has 1 atom stereocenters. The van der Waals surface area contributed by atoms with Crippen LogP contribution in [-0.4, -0.2) is 37.2 Å². The van der Waals surface area contributed by atoms with Crippen molar-refractivity contribution in [3.05, 3.63) is 85.1 Å². The third kappa shape index (κ3) is 53.5. The van der Waals surface area contributed by atoms with Crippen LogP contribution < -0.4 is 0 Å². The van der Waals surface area contributed by atoms with Crippen molar-refractivity contribution in [2.75, 3.05) is 13.2 Å². The second-order valence-electron chi connectivity index (χ2n) is 18.8. The van der Waals surface area contributed by atoms with Crippen molar-refractivity contribution in [2.45, 2.75) is 277 Å². The second-order valence-corrected chi connectivity index (χ2v) is 18.8. The fourth-order valence-electron chi connectivity index (χ4n) is 7.86. The summed E-state index contributed by atoms with van der Waals surface area (Å²) in [5.74, 6) is -0.968. The smallest absolute Gasteiger partial charge is 0.306 e. The summed E-state index contributed by atoms with van der Waals surface area (Å²) >= 11 is 0. The molecule has 0 heterocycles. The summed E-state index contributed by atoms with van der Waals surface area (Å²) in [6, 6.07) is 0. The molecule has 0 saturated heterocycles. The lowest BCUT2D eigenvalue weighted by molar-refractivity contribution is -0.167. The van der Waals surface area contributed by atoms with Crippen molar-refractivity contribution in [1.29, 1.82) is 0 Å². The highest BCUT2D eigenvalue weighted by Gasteiger charge is 2.19. The molecule has 68 heavy (non-hydrogen) atoms. The Morgan fingerprint density at radius 2 is 0.588 bits per heavy atom. The molecule has 0 N–H and O–H groups in total. The Labute approximate surface area is 420 Å². The van der Waals surface area contributed by atoms with E-state index in [4.69, 9.17) is 14.2 Å². The Morgan fingerprint density at radius 1 is 0.309 bits per heavy atom. The summed E-state index contributed by atoms with van der Waals surface area (Å²) < 4.78 is 16.8. The van der Waals surface area contributed by atoms with E-state index in [1.165, 1.54) is 122 Å². The number of ether oxygens (including phenoxy) is 3. The van der Waals surface area contributed by atoms with E-state index in [9.17, 15) is 14.4 Å². The first-order valence-electron chi connectivity index (χ1n) is 28.6. The average molecular weight is 948 g/mol. The third-order valence-electron chi connectivity index (χ3n) is 12.1. The van der Waals surface area contributed by atoms with Gasteiger partial charge in [-0.2, -0.15) is 0 Å². The molecule has 0 saturated carbocycles. The van der Waals surface area contributed by atoms with Gasteiger partial charge in [0.05, 0.1) is 0 Å². The van der Waals surface area contributed by atoms with Crippen molar-refractivity contribution in [2.24, 2.45) is 0 Å². The lowest BCUT2D eigenvalue weighted by atomic mass is 10.0. The molecule has 0 aliphatic rings. The topological polar surface area (TPSA) is 78.9 Å². The van der Waals surface area contributed by atoms with E-state index < -0.39 is 6.10 Å². The van der Waals surface area contributed by atoms with E-state index in [0.29, 0.717) is 19.3 Å². The lowest BCUT2D eigenvalue weighted by Gasteiger charge is -2.18. The molecule has 0 amide bonds. The molecule has 0 aromatic rings. The number of hydrogen-bond donors (Lipinski definition) is 0. The second kappa shape index (κ2) is 56.2. The first kappa shape index (κ1) is 64.6. The van der Waals surface area contributed by atoms with Gasteiger partial charge >= 0.3 is 17.9 Å². The predicted octanol–water partition coefficient (Wildman–Crippen LogP) is 19.2. The van der Waals surface area contributed by atoms with Gasteiger partial charge in [0.1, 0.15) is 13.2 Å². The number of rotatable bonds is 51. The van der Waals surface area contributed by atoms with Gasteiger partial charge in [-0.25, -0.2) is 0 Å². The van der Waals surface area contributed by atoms with Crippen LogP contribution in [-0.2, 0) is 28.6 Å². The fraction of sp³-hybridized carbons (Fsp3) is 0.726. The summed E-state index contributed by atoms with van der Waals surface area (Å²) in [6.07, 6.45) is 72.9. The minimum atomic E-state index is -0.811. The molecule has 0 rings (SSSR count). The van der Waals surface area contributed by atoms with Gasteiger partial charge in [0.15, 0.2) is 6.10 Å². The van der Waals surface area contributed by atoms with E-state index >= 15 is 0 Å². The standard InChI is InChI=1S/C62H106O6/c1-4-7-10-13-16-19-22-25-28-30-32-34-37-40-43-46-49-52-55-61(64)67-58-59(57-66-60(63)54-51-48-45-42-39-36-33-27-24-21-18-15-12-9-6-3)68-62(65)56-53-50-47-44-41-38-35-31-29-26-23-20-17-14-11-8-5-2/h8,11,17-18,20-21,26-27,29,33,35,38,44,47,59H,4-7,9-10,12-16,19,22-25,28,30-32,34,36-37,39-43,45-46,48-58H2,1-3H3/b11-8-,20-17-,21-18-,29-26-,33-27-,38-35-,47-44-. The zero-order valence-electron chi connectivity index (χ0n) is 44.6. The van der Waals surface area contributed by atoms with Crippen LogP contribution in [0.1, 0.15) is 271 Å². The van der Waals surface area contributed by atoms with Crippen molar-refractivity contribution in [1.82, 2.24) is 0 Å². The molecule has 0 spiro atoms. The van der Waals surface area contributed by atoms with Crippen molar-refractivity contribution >= 4 is 17.9 Å². The maximum Gasteiger partial charge on any atom is 0.306 e. The van der Waals surface area contributed by atoms with Crippen LogP contribution in [0.25, 0.3) is 0 Å². The molecule has 0 aliphatic carbocycles. The number of esters is 3. The van der Waals surface area contributed by atoms with E-state index in [-0.39, 0.29) is 37.5 Å². The maximum atomic E-state index is 12.8. The Balaban J connectivity index is 4.47. The Morgan fingerprint density at radius 3 is 0.971 bits per heavy atom. The maximum absolute atomic E-state index is 12.8. The zero-order valence-corrected chi connectivity index (χ0v) is 44.6. The highest BCUT2D eigenvalue weighted by Crippen LogP contribution is 2.16. The van der Waals surface area contributed by atoms with E-state index in [1.54, 1.807) is 0 Å². The van der Waals surface area contributed by atoms with Crippen molar-refractivity contribution < 1.29 is 28.6 Å². The molecular weight excluding hydrogens is 841 g/mol. The van der Waals surface area contributed by atoms with Gasteiger partial charge in [-0.1, -0.05) is 247 Å². The van der Waals surface area contributed by atoms with Crippen LogP contribution in [0.4, 0.5) is 0 Å². The molecule has 390 valence electrons. The van der Waals surface area contributed by atoms with E-state index in [0.717, 1.165) is 103 Å². The van der Waals surface area contributed by atoms with Crippen LogP contribution in [0, 0.1) is 0 Å². The molecule has 0 radical (unpaired) electrons. The minimum absolute atomic E-state index is 0.102. The highest BCUT2D eigenvalue weighted by molar-refractivity contribution is 5.71. The zero-order chi connectivity index (χ0) is 49.3. The minimum Gasteiger partial charge on any atom is -0.462 e. The number of unbranched alkanes of at least 4 members (excludes halogenated alkanes) is 26. The SMILES string of the molecule is CC/C=C\C/C=C\C/C=C\C/C=C\C/C=C\CCCC(=O)OC(COC(=O)CCCCCCC/C=C\C/C=C\CCCCC)COC(=O)CCCCCCCCCCCCCCCCCCCC. The largest absolute Gasteiger partial charge is 0.462 e. The van der Waals surface area contributed by atoms with E-state index in [2.05, 4.69) is 106 Å². The monoisotopic (exact) mass is 947 g/mol. The van der Waals surface area contributed by atoms with Gasteiger partial charge in [0.25, 0.3) is 0 Å². The van der Waals surface area contributed by atoms with Gasteiger partial charge in [-0.05, 0) is 89.9 Å². The third-order valence-corrected chi connectivity index (χ3v) is 12.1. The van der Waals surface area contributed by atoms with Crippen LogP contribution >= 0.6 is 0 Å². The molecule has 0 aromatic heterocycles. The van der Waals surface area contributed by atoms with E-state index in [1.807, 2.05) is 0 Å². The Kier molecular flexibility index (Phi) is 53.4. The number of carbonyl (C=O) groups excluding carboxylic acids is 3. The Bertz CT molecular complexity index is 1320. The number of carbonyl (C=O) groups is 3. The van der Waals surface area contributed by atoms with Crippen LogP contribution in [0.15, 0.2) is 85.1 Å². The van der Waals surface area contributed by atoms with Crippen molar-refractivity contribution in [3.63, 3.8) is 0 Å². The number of hydrogen-bond acceptors (Lipinski definition) is 6. The average Bonchev–Trinajstić information content (AvgIpc) is 3.34. The Hall–Kier alpha value is -3.41. The molecule has 6 heteroatoms. The molecule has 6 nitrogen and oxygen atoms in total. The lowest BCUT2D eigenvalue weighted by Crippen LogP contribution is -2.30. The quantitative estimate of drug-likeness (QED) is 0.0262.